The molecule has 2 rings (SSSR count). The molecular formula is C11H12O4. The zero-order valence-corrected chi connectivity index (χ0v) is 8.70. The van der Waals surface area contributed by atoms with Crippen molar-refractivity contribution in [3.63, 3.8) is 0 Å². The molecule has 0 unspecified atom stereocenters. The lowest BCUT2D eigenvalue weighted by Crippen LogP contribution is -1.97. The zero-order valence-electron chi connectivity index (χ0n) is 8.70. The van der Waals surface area contributed by atoms with Gasteiger partial charge in [0.2, 0.25) is 12.5 Å². The van der Waals surface area contributed by atoms with Gasteiger partial charge >= 0.3 is 0 Å². The number of methoxy groups -OCH3 is 1. The van der Waals surface area contributed by atoms with Crippen LogP contribution in [0.2, 0.25) is 0 Å². The molecule has 0 spiro atoms. The molecule has 0 amide bonds. The number of benzene rings is 1. The molecule has 0 saturated heterocycles. The lowest BCUT2D eigenvalue weighted by molar-refractivity contribution is 0.0987. The summed E-state index contributed by atoms with van der Waals surface area (Å²) in [6.45, 7) is 1.99. The first-order chi connectivity index (χ1) is 7.26. The van der Waals surface area contributed by atoms with Crippen molar-refractivity contribution in [2.24, 2.45) is 0 Å². The van der Waals surface area contributed by atoms with Gasteiger partial charge in [-0.05, 0) is 12.1 Å². The second-order valence-electron chi connectivity index (χ2n) is 3.19. The Bertz CT molecular complexity index is 398. The number of carbonyl (C=O) groups excluding carboxylic acids is 1. The monoisotopic (exact) mass is 208 g/mol. The largest absolute Gasteiger partial charge is 0.493 e. The molecule has 1 aliphatic heterocycles. The average molecular weight is 208 g/mol. The predicted octanol–water partition coefficient (Wildman–Crippen LogP) is 2.02. The molecule has 1 aliphatic rings. The average Bonchev–Trinajstić information content (AvgIpc) is 2.74. The quantitative estimate of drug-likeness (QED) is 0.713. The Morgan fingerprint density at radius 2 is 2.27 bits per heavy atom. The van der Waals surface area contributed by atoms with Gasteiger partial charge in [-0.3, -0.25) is 4.79 Å². The first-order valence-electron chi connectivity index (χ1n) is 4.77. The summed E-state index contributed by atoms with van der Waals surface area (Å²) >= 11 is 0. The highest BCUT2D eigenvalue weighted by atomic mass is 16.7. The Balaban J connectivity index is 2.48. The lowest BCUT2D eigenvalue weighted by Gasteiger charge is -2.06. The summed E-state index contributed by atoms with van der Waals surface area (Å²) in [5.74, 6) is 1.75. The lowest BCUT2D eigenvalue weighted by atomic mass is 10.1. The number of hydrogen-bond acceptors (Lipinski definition) is 4. The molecule has 1 heterocycles. The molecule has 4 heteroatoms. The van der Waals surface area contributed by atoms with Crippen LogP contribution in [0.3, 0.4) is 0 Å². The highest BCUT2D eigenvalue weighted by Gasteiger charge is 2.21. The van der Waals surface area contributed by atoms with Gasteiger partial charge in [-0.1, -0.05) is 6.92 Å². The minimum Gasteiger partial charge on any atom is -0.493 e. The SMILES string of the molecule is CCC(=O)c1cc(OC)c2c(c1)OCO2. The topological polar surface area (TPSA) is 44.8 Å². The Morgan fingerprint density at radius 1 is 1.47 bits per heavy atom. The summed E-state index contributed by atoms with van der Waals surface area (Å²) in [6, 6.07) is 3.37. The number of carbonyl (C=O) groups is 1. The van der Waals surface area contributed by atoms with Gasteiger partial charge in [-0.2, -0.15) is 0 Å². The molecule has 1 aromatic carbocycles. The highest BCUT2D eigenvalue weighted by Crippen LogP contribution is 2.41. The number of rotatable bonds is 3. The van der Waals surface area contributed by atoms with Crippen molar-refractivity contribution in [1.29, 1.82) is 0 Å². The van der Waals surface area contributed by atoms with E-state index in [-0.39, 0.29) is 12.6 Å². The van der Waals surface area contributed by atoms with Gasteiger partial charge in [0.25, 0.3) is 0 Å². The Kier molecular flexibility index (Phi) is 2.49. The Hall–Kier alpha value is -1.71. The molecule has 0 aliphatic carbocycles. The maximum Gasteiger partial charge on any atom is 0.231 e. The summed E-state index contributed by atoms with van der Waals surface area (Å²) in [7, 11) is 1.54. The molecule has 0 atom stereocenters. The van der Waals surface area contributed by atoms with E-state index >= 15 is 0 Å². The van der Waals surface area contributed by atoms with Gasteiger partial charge < -0.3 is 14.2 Å². The normalized spacial score (nSPS) is 12.7. The second kappa shape index (κ2) is 3.81. The molecule has 0 aromatic heterocycles. The van der Waals surface area contributed by atoms with Crippen molar-refractivity contribution < 1.29 is 19.0 Å². The molecular weight excluding hydrogens is 196 g/mol. The van der Waals surface area contributed by atoms with Crippen molar-refractivity contribution in [2.45, 2.75) is 13.3 Å². The van der Waals surface area contributed by atoms with Crippen LogP contribution in [0.4, 0.5) is 0 Å². The third-order valence-electron chi connectivity index (χ3n) is 2.30. The molecule has 4 nitrogen and oxygen atoms in total. The summed E-state index contributed by atoms with van der Waals surface area (Å²) in [5, 5.41) is 0. The fourth-order valence-corrected chi connectivity index (χ4v) is 1.49. The second-order valence-corrected chi connectivity index (χ2v) is 3.19. The molecule has 0 N–H and O–H groups in total. The van der Waals surface area contributed by atoms with Crippen molar-refractivity contribution in [1.82, 2.24) is 0 Å². The molecule has 80 valence electrons. The van der Waals surface area contributed by atoms with E-state index in [2.05, 4.69) is 0 Å². The minimum atomic E-state index is 0.0617. The Labute approximate surface area is 87.8 Å². The van der Waals surface area contributed by atoms with Crippen molar-refractivity contribution in [3.8, 4) is 17.2 Å². The van der Waals surface area contributed by atoms with E-state index < -0.39 is 0 Å². The first kappa shape index (κ1) is 9.83. The smallest absolute Gasteiger partial charge is 0.231 e. The summed E-state index contributed by atoms with van der Waals surface area (Å²) in [6.07, 6.45) is 0.461. The van der Waals surface area contributed by atoms with Crippen LogP contribution in [0.5, 0.6) is 17.2 Å². The van der Waals surface area contributed by atoms with Gasteiger partial charge in [-0.25, -0.2) is 0 Å². The molecule has 15 heavy (non-hydrogen) atoms. The van der Waals surface area contributed by atoms with Crippen LogP contribution in [0.1, 0.15) is 23.7 Å². The zero-order chi connectivity index (χ0) is 10.8. The number of hydrogen-bond donors (Lipinski definition) is 0. The van der Waals surface area contributed by atoms with Gasteiger partial charge in [0.05, 0.1) is 7.11 Å². The van der Waals surface area contributed by atoms with Crippen molar-refractivity contribution in [3.05, 3.63) is 17.7 Å². The number of ether oxygens (including phenoxy) is 3. The fraction of sp³-hybridized carbons (Fsp3) is 0.364. The van der Waals surface area contributed by atoms with Crippen LogP contribution in [0.15, 0.2) is 12.1 Å². The van der Waals surface area contributed by atoms with Gasteiger partial charge in [0.15, 0.2) is 17.3 Å². The van der Waals surface area contributed by atoms with E-state index in [4.69, 9.17) is 14.2 Å². The molecule has 0 bridgehead atoms. The van der Waals surface area contributed by atoms with Crippen LogP contribution in [0.25, 0.3) is 0 Å². The Morgan fingerprint density at radius 3 is 2.93 bits per heavy atom. The van der Waals surface area contributed by atoms with Gasteiger partial charge in [0, 0.05) is 12.0 Å². The van der Waals surface area contributed by atoms with E-state index in [1.165, 1.54) is 7.11 Å². The van der Waals surface area contributed by atoms with Crippen molar-refractivity contribution in [2.75, 3.05) is 13.9 Å². The van der Waals surface area contributed by atoms with Gasteiger partial charge in [-0.15, -0.1) is 0 Å². The molecule has 1 aromatic rings. The van der Waals surface area contributed by atoms with Gasteiger partial charge in [0.1, 0.15) is 0 Å². The highest BCUT2D eigenvalue weighted by molar-refractivity contribution is 5.97. The number of ketones is 1. The van der Waals surface area contributed by atoms with Crippen LogP contribution in [-0.2, 0) is 0 Å². The van der Waals surface area contributed by atoms with Crippen LogP contribution >= 0.6 is 0 Å². The molecule has 0 fully saturated rings. The third kappa shape index (κ3) is 1.63. The number of fused-ring (bicyclic) bond motifs is 1. The van der Waals surface area contributed by atoms with E-state index in [0.717, 1.165) is 0 Å². The molecule has 0 radical (unpaired) electrons. The minimum absolute atomic E-state index is 0.0617. The van der Waals surface area contributed by atoms with Crippen molar-refractivity contribution >= 4 is 5.78 Å². The summed E-state index contributed by atoms with van der Waals surface area (Å²) in [4.78, 5) is 11.5. The fourth-order valence-electron chi connectivity index (χ4n) is 1.49. The summed E-state index contributed by atoms with van der Waals surface area (Å²) in [5.41, 5.74) is 0.596. The standard InChI is InChI=1S/C11H12O4/c1-3-8(12)7-4-9(13-2)11-10(5-7)14-6-15-11/h4-5H,3,6H2,1-2H3. The van der Waals surface area contributed by atoms with Crippen LogP contribution in [0, 0.1) is 0 Å². The van der Waals surface area contributed by atoms with E-state index in [9.17, 15) is 4.79 Å². The predicted molar refractivity (Wildman–Crippen MR) is 53.7 cm³/mol. The van der Waals surface area contributed by atoms with Crippen LogP contribution < -0.4 is 14.2 Å². The maximum atomic E-state index is 11.5. The van der Waals surface area contributed by atoms with E-state index in [1.54, 1.807) is 12.1 Å². The third-order valence-corrected chi connectivity index (χ3v) is 2.30. The van der Waals surface area contributed by atoms with E-state index in [0.29, 0.717) is 29.2 Å². The first-order valence-corrected chi connectivity index (χ1v) is 4.77. The molecule has 0 saturated carbocycles. The van der Waals surface area contributed by atoms with E-state index in [1.807, 2.05) is 6.92 Å². The number of Topliss-reactive ketones (excluding diaryl/α,β-unsaturated/α-hetero) is 1. The summed E-state index contributed by atoms with van der Waals surface area (Å²) < 4.78 is 15.6. The van der Waals surface area contributed by atoms with Crippen LogP contribution in [-0.4, -0.2) is 19.7 Å². The maximum absolute atomic E-state index is 11.5.